The summed E-state index contributed by atoms with van der Waals surface area (Å²) in [5.41, 5.74) is 1.59. The molecule has 1 aliphatic rings. The Hall–Kier alpha value is -2.45. The molecule has 1 aliphatic heterocycles. The second-order valence-electron chi connectivity index (χ2n) is 7.30. The van der Waals surface area contributed by atoms with Gasteiger partial charge < -0.3 is 24.1 Å². The summed E-state index contributed by atoms with van der Waals surface area (Å²) in [5, 5.41) is 3.38. The average Bonchev–Trinajstić information content (AvgIpc) is 3.41. The number of aliphatic imine (C=N–C) groups is 1. The standard InChI is InChI=1S/C22H31FN4O3/c1-3-24-22(27-11-9-17(14-27)15-29-13-12-28-2)25-10-8-20-16-30-21(26-20)18-4-6-19(23)7-5-18/h4-7,16-17H,3,8-15H2,1-2H3,(H,24,25). The number of oxazole rings is 1. The zero-order chi connectivity index (χ0) is 21.2. The van der Waals surface area contributed by atoms with E-state index in [0.717, 1.165) is 49.9 Å². The van der Waals surface area contributed by atoms with Crippen molar-refractivity contribution in [2.45, 2.75) is 19.8 Å². The van der Waals surface area contributed by atoms with Crippen LogP contribution in [0, 0.1) is 11.7 Å². The van der Waals surface area contributed by atoms with Gasteiger partial charge in [0, 0.05) is 51.2 Å². The molecule has 1 aromatic carbocycles. The van der Waals surface area contributed by atoms with E-state index in [1.807, 2.05) is 0 Å². The maximum atomic E-state index is 13.1. The number of nitrogens with zero attached hydrogens (tertiary/aromatic N) is 3. The molecular formula is C22H31FN4O3. The average molecular weight is 419 g/mol. The number of methoxy groups -OCH3 is 1. The van der Waals surface area contributed by atoms with Crippen LogP contribution in [-0.2, 0) is 15.9 Å². The first-order chi connectivity index (χ1) is 14.7. The molecule has 0 bridgehead atoms. The van der Waals surface area contributed by atoms with Gasteiger partial charge in [-0.1, -0.05) is 0 Å². The fourth-order valence-corrected chi connectivity index (χ4v) is 3.40. The van der Waals surface area contributed by atoms with Gasteiger partial charge in [-0.2, -0.15) is 0 Å². The SMILES string of the molecule is CCNC(=NCCc1coc(-c2ccc(F)cc2)n1)N1CCC(COCCOC)C1. The van der Waals surface area contributed by atoms with E-state index in [4.69, 9.17) is 18.9 Å². The first-order valence-corrected chi connectivity index (χ1v) is 10.5. The number of nitrogens with one attached hydrogen (secondary N) is 1. The minimum atomic E-state index is -0.276. The van der Waals surface area contributed by atoms with Crippen LogP contribution in [0.1, 0.15) is 19.0 Å². The summed E-state index contributed by atoms with van der Waals surface area (Å²) in [6, 6.07) is 6.13. The quantitative estimate of drug-likeness (QED) is 0.363. The summed E-state index contributed by atoms with van der Waals surface area (Å²) in [4.78, 5) is 11.6. The normalized spacial score (nSPS) is 17.0. The van der Waals surface area contributed by atoms with E-state index in [2.05, 4.69) is 22.1 Å². The Bertz CT molecular complexity index is 794. The minimum Gasteiger partial charge on any atom is -0.444 e. The van der Waals surface area contributed by atoms with Crippen molar-refractivity contribution in [1.82, 2.24) is 15.2 Å². The molecule has 1 aromatic heterocycles. The van der Waals surface area contributed by atoms with Crippen molar-refractivity contribution in [2.75, 3.05) is 53.1 Å². The number of hydrogen-bond donors (Lipinski definition) is 1. The molecule has 30 heavy (non-hydrogen) atoms. The number of likely N-dealkylation sites (tertiary alicyclic amines) is 1. The van der Waals surface area contributed by atoms with Crippen LogP contribution in [0.5, 0.6) is 0 Å². The molecule has 164 valence electrons. The molecule has 3 rings (SSSR count). The number of hydrogen-bond acceptors (Lipinski definition) is 5. The van der Waals surface area contributed by atoms with Crippen LogP contribution in [0.3, 0.4) is 0 Å². The number of halogens is 1. The predicted octanol–water partition coefficient (Wildman–Crippen LogP) is 2.97. The van der Waals surface area contributed by atoms with Gasteiger partial charge in [0.15, 0.2) is 5.96 Å². The van der Waals surface area contributed by atoms with Crippen molar-refractivity contribution in [2.24, 2.45) is 10.9 Å². The van der Waals surface area contributed by atoms with Crippen molar-refractivity contribution < 1.29 is 18.3 Å². The predicted molar refractivity (Wildman–Crippen MR) is 114 cm³/mol. The second-order valence-corrected chi connectivity index (χ2v) is 7.30. The molecule has 0 amide bonds. The fraction of sp³-hybridized carbons (Fsp3) is 0.545. The van der Waals surface area contributed by atoms with E-state index < -0.39 is 0 Å². The molecule has 2 aromatic rings. The zero-order valence-electron chi connectivity index (χ0n) is 17.8. The number of aromatic nitrogens is 1. The fourth-order valence-electron chi connectivity index (χ4n) is 3.40. The lowest BCUT2D eigenvalue weighted by molar-refractivity contribution is 0.0536. The van der Waals surface area contributed by atoms with Crippen LogP contribution in [0.2, 0.25) is 0 Å². The third-order valence-corrected chi connectivity index (χ3v) is 4.98. The zero-order valence-corrected chi connectivity index (χ0v) is 17.8. The summed E-state index contributed by atoms with van der Waals surface area (Å²) in [6.45, 7) is 7.45. The second kappa shape index (κ2) is 11.7. The van der Waals surface area contributed by atoms with Crippen LogP contribution in [0.15, 0.2) is 39.9 Å². The van der Waals surface area contributed by atoms with Gasteiger partial charge in [0.2, 0.25) is 5.89 Å². The molecule has 1 unspecified atom stereocenters. The van der Waals surface area contributed by atoms with E-state index in [9.17, 15) is 4.39 Å². The van der Waals surface area contributed by atoms with Gasteiger partial charge in [0.05, 0.1) is 25.5 Å². The lowest BCUT2D eigenvalue weighted by Crippen LogP contribution is -2.40. The van der Waals surface area contributed by atoms with E-state index >= 15 is 0 Å². The van der Waals surface area contributed by atoms with Crippen molar-refractivity contribution >= 4 is 5.96 Å². The van der Waals surface area contributed by atoms with Gasteiger partial charge in [-0.3, -0.25) is 4.99 Å². The molecule has 0 saturated carbocycles. The Labute approximate surface area is 177 Å². The van der Waals surface area contributed by atoms with E-state index in [-0.39, 0.29) is 5.82 Å². The molecule has 0 radical (unpaired) electrons. The Morgan fingerprint density at radius 2 is 2.17 bits per heavy atom. The van der Waals surface area contributed by atoms with Crippen LogP contribution < -0.4 is 5.32 Å². The summed E-state index contributed by atoms with van der Waals surface area (Å²) in [7, 11) is 1.68. The van der Waals surface area contributed by atoms with Gasteiger partial charge >= 0.3 is 0 Å². The number of benzene rings is 1. The molecular weight excluding hydrogens is 387 g/mol. The van der Waals surface area contributed by atoms with Gasteiger partial charge in [-0.25, -0.2) is 9.37 Å². The van der Waals surface area contributed by atoms with Gasteiger partial charge in [-0.05, 0) is 37.6 Å². The molecule has 1 fully saturated rings. The highest BCUT2D eigenvalue weighted by Gasteiger charge is 2.24. The van der Waals surface area contributed by atoms with E-state index in [1.165, 1.54) is 12.1 Å². The van der Waals surface area contributed by atoms with Crippen LogP contribution >= 0.6 is 0 Å². The number of guanidine groups is 1. The topological polar surface area (TPSA) is 72.1 Å². The van der Waals surface area contributed by atoms with Crippen molar-refractivity contribution in [3.63, 3.8) is 0 Å². The maximum Gasteiger partial charge on any atom is 0.226 e. The Morgan fingerprint density at radius 3 is 2.93 bits per heavy atom. The van der Waals surface area contributed by atoms with Gasteiger partial charge in [0.25, 0.3) is 0 Å². The third-order valence-electron chi connectivity index (χ3n) is 4.98. The highest BCUT2D eigenvalue weighted by molar-refractivity contribution is 5.80. The van der Waals surface area contributed by atoms with Gasteiger partial charge in [0.1, 0.15) is 12.1 Å². The highest BCUT2D eigenvalue weighted by Crippen LogP contribution is 2.19. The first-order valence-electron chi connectivity index (χ1n) is 10.5. The summed E-state index contributed by atoms with van der Waals surface area (Å²) < 4.78 is 29.3. The molecule has 0 aliphatic carbocycles. The van der Waals surface area contributed by atoms with Gasteiger partial charge in [-0.15, -0.1) is 0 Å². The smallest absolute Gasteiger partial charge is 0.226 e. The molecule has 7 nitrogen and oxygen atoms in total. The van der Waals surface area contributed by atoms with Crippen molar-refractivity contribution in [1.29, 1.82) is 0 Å². The van der Waals surface area contributed by atoms with E-state index in [0.29, 0.717) is 38.0 Å². The maximum absolute atomic E-state index is 13.1. The highest BCUT2D eigenvalue weighted by atomic mass is 19.1. The van der Waals surface area contributed by atoms with Crippen LogP contribution in [0.25, 0.3) is 11.5 Å². The summed E-state index contributed by atoms with van der Waals surface area (Å²) >= 11 is 0. The first kappa shape index (κ1) is 22.2. The van der Waals surface area contributed by atoms with E-state index in [1.54, 1.807) is 25.5 Å². The van der Waals surface area contributed by atoms with Crippen molar-refractivity contribution in [3.8, 4) is 11.5 Å². The lowest BCUT2D eigenvalue weighted by atomic mass is 10.1. The summed E-state index contributed by atoms with van der Waals surface area (Å²) in [6.07, 6.45) is 3.42. The number of ether oxygens (including phenoxy) is 2. The molecule has 1 N–H and O–H groups in total. The molecule has 2 heterocycles. The molecule has 1 saturated heterocycles. The Kier molecular flexibility index (Phi) is 8.65. The lowest BCUT2D eigenvalue weighted by Gasteiger charge is -2.21. The van der Waals surface area contributed by atoms with Crippen LogP contribution in [0.4, 0.5) is 4.39 Å². The Morgan fingerprint density at radius 1 is 1.33 bits per heavy atom. The molecule has 0 spiro atoms. The van der Waals surface area contributed by atoms with Crippen LogP contribution in [-0.4, -0.2) is 69.0 Å². The monoisotopic (exact) mass is 418 g/mol. The summed E-state index contributed by atoms with van der Waals surface area (Å²) in [5.74, 6) is 1.66. The largest absolute Gasteiger partial charge is 0.444 e. The molecule has 8 heteroatoms. The van der Waals surface area contributed by atoms with Crippen molar-refractivity contribution in [3.05, 3.63) is 42.0 Å². The molecule has 1 atom stereocenters. The third kappa shape index (κ3) is 6.53. The number of rotatable bonds is 10. The Balaban J connectivity index is 1.50. The minimum absolute atomic E-state index is 0.276.